The van der Waals surface area contributed by atoms with E-state index in [4.69, 9.17) is 9.47 Å². The normalized spacial score (nSPS) is 21.5. The second kappa shape index (κ2) is 12.6. The number of carbonyl (C=O) groups is 1. The molecule has 1 amide bonds. The molecule has 0 spiro atoms. The van der Waals surface area contributed by atoms with E-state index in [1.807, 2.05) is 27.8 Å². The molecule has 2 aliphatic rings. The highest BCUT2D eigenvalue weighted by Crippen LogP contribution is 2.40. The number of carbonyl (C=O) groups excluding carboxylic acids is 1. The van der Waals surface area contributed by atoms with Crippen molar-refractivity contribution in [2.45, 2.75) is 70.1 Å². The van der Waals surface area contributed by atoms with Crippen molar-refractivity contribution in [1.29, 1.82) is 0 Å². The van der Waals surface area contributed by atoms with Crippen LogP contribution in [0.15, 0.2) is 35.3 Å². The molecule has 2 fully saturated rings. The van der Waals surface area contributed by atoms with Crippen LogP contribution in [0.5, 0.6) is 0 Å². The van der Waals surface area contributed by atoms with E-state index in [2.05, 4.69) is 50.9 Å². The van der Waals surface area contributed by atoms with E-state index < -0.39 is 5.60 Å². The second-order valence-corrected chi connectivity index (χ2v) is 9.39. The van der Waals surface area contributed by atoms with Gasteiger partial charge >= 0.3 is 6.09 Å². The molecular weight excluding hydrogens is 519 g/mol. The van der Waals surface area contributed by atoms with Crippen LogP contribution in [-0.4, -0.2) is 68.0 Å². The largest absolute Gasteiger partial charge is 0.444 e. The van der Waals surface area contributed by atoms with E-state index in [9.17, 15) is 4.79 Å². The van der Waals surface area contributed by atoms with Crippen molar-refractivity contribution in [1.82, 2.24) is 15.5 Å². The molecule has 0 bridgehead atoms. The van der Waals surface area contributed by atoms with Crippen LogP contribution in [0, 0.1) is 0 Å². The van der Waals surface area contributed by atoms with E-state index in [1.165, 1.54) is 12.0 Å². The number of piperidine rings is 1. The summed E-state index contributed by atoms with van der Waals surface area (Å²) >= 11 is 0. The van der Waals surface area contributed by atoms with Gasteiger partial charge in [-0.05, 0) is 52.0 Å². The van der Waals surface area contributed by atoms with Gasteiger partial charge in [0.25, 0.3) is 0 Å². The zero-order chi connectivity index (χ0) is 22.3. The predicted octanol–water partition coefficient (Wildman–Crippen LogP) is 4.13. The fourth-order valence-corrected chi connectivity index (χ4v) is 3.95. The van der Waals surface area contributed by atoms with Crippen molar-refractivity contribution in [2.75, 3.05) is 33.3 Å². The fourth-order valence-electron chi connectivity index (χ4n) is 3.95. The lowest BCUT2D eigenvalue weighted by molar-refractivity contribution is 0.0170. The number of likely N-dealkylation sites (tertiary alicyclic amines) is 1. The first kappa shape index (κ1) is 26.7. The van der Waals surface area contributed by atoms with Gasteiger partial charge in [-0.15, -0.1) is 24.0 Å². The molecule has 1 aliphatic heterocycles. The number of guanidine groups is 1. The van der Waals surface area contributed by atoms with Crippen molar-refractivity contribution >= 4 is 36.0 Å². The van der Waals surface area contributed by atoms with Crippen molar-refractivity contribution < 1.29 is 14.3 Å². The Morgan fingerprint density at radius 3 is 2.50 bits per heavy atom. The summed E-state index contributed by atoms with van der Waals surface area (Å²) in [6, 6.07) is 11.2. The summed E-state index contributed by atoms with van der Waals surface area (Å²) in [5.41, 5.74) is 0.940. The van der Waals surface area contributed by atoms with E-state index >= 15 is 0 Å². The molecule has 2 N–H and O–H groups in total. The zero-order valence-corrected chi connectivity index (χ0v) is 22.1. The predicted molar refractivity (Wildman–Crippen MR) is 139 cm³/mol. The van der Waals surface area contributed by atoms with E-state index in [-0.39, 0.29) is 36.2 Å². The van der Waals surface area contributed by atoms with Crippen LogP contribution in [0.4, 0.5) is 4.79 Å². The number of aliphatic imine (C=N–C) groups is 1. The fraction of sp³-hybridized carbons (Fsp3) is 0.667. The van der Waals surface area contributed by atoms with Gasteiger partial charge in [-0.3, -0.25) is 4.99 Å². The number of hydrogen-bond acceptors (Lipinski definition) is 4. The molecule has 2 atom stereocenters. The van der Waals surface area contributed by atoms with Crippen molar-refractivity contribution in [2.24, 2.45) is 4.99 Å². The lowest BCUT2D eigenvalue weighted by Gasteiger charge is -2.34. The molecule has 1 aromatic carbocycles. The Morgan fingerprint density at radius 1 is 1.19 bits per heavy atom. The Labute approximate surface area is 209 Å². The lowest BCUT2D eigenvalue weighted by Crippen LogP contribution is -2.47. The monoisotopic (exact) mass is 558 g/mol. The summed E-state index contributed by atoms with van der Waals surface area (Å²) in [7, 11) is 1.86. The molecule has 1 saturated heterocycles. The number of nitrogens with one attached hydrogen (secondary N) is 2. The quantitative estimate of drug-likeness (QED) is 0.228. The Hall–Kier alpha value is -1.55. The topological polar surface area (TPSA) is 75.2 Å². The average molecular weight is 559 g/mol. The molecule has 7 nitrogen and oxygen atoms in total. The van der Waals surface area contributed by atoms with Gasteiger partial charge in [0.15, 0.2) is 5.96 Å². The van der Waals surface area contributed by atoms with E-state index in [1.54, 1.807) is 0 Å². The maximum absolute atomic E-state index is 11.6. The van der Waals surface area contributed by atoms with Crippen LogP contribution in [0.2, 0.25) is 0 Å². The first-order chi connectivity index (χ1) is 14.9. The molecule has 2 unspecified atom stereocenters. The highest BCUT2D eigenvalue weighted by atomic mass is 127. The van der Waals surface area contributed by atoms with Gasteiger partial charge in [-0.2, -0.15) is 0 Å². The smallest absolute Gasteiger partial charge is 0.407 e. The molecule has 1 saturated carbocycles. The SMILES string of the molecule is CN=C(NC1CC1c1ccccc1)N1CCC(OCCCNC(=O)OC(C)(C)C)CC1.I. The number of amides is 1. The molecule has 0 radical (unpaired) electrons. The van der Waals surface area contributed by atoms with Crippen LogP contribution in [0.25, 0.3) is 0 Å². The number of halogens is 1. The lowest BCUT2D eigenvalue weighted by atomic mass is 10.1. The second-order valence-electron chi connectivity index (χ2n) is 9.39. The van der Waals surface area contributed by atoms with Crippen LogP contribution < -0.4 is 10.6 Å². The number of rotatable bonds is 7. The average Bonchev–Trinajstić information content (AvgIpc) is 3.51. The Morgan fingerprint density at radius 2 is 1.88 bits per heavy atom. The Bertz CT molecular complexity index is 731. The first-order valence-corrected chi connectivity index (χ1v) is 11.5. The third-order valence-corrected chi connectivity index (χ3v) is 5.63. The van der Waals surface area contributed by atoms with Gasteiger partial charge in [0.05, 0.1) is 6.10 Å². The Kier molecular flexibility index (Phi) is 10.5. The van der Waals surface area contributed by atoms with Gasteiger partial charge in [-0.25, -0.2) is 4.79 Å². The summed E-state index contributed by atoms with van der Waals surface area (Å²) in [5, 5.41) is 6.42. The van der Waals surface area contributed by atoms with Crippen LogP contribution >= 0.6 is 24.0 Å². The molecule has 32 heavy (non-hydrogen) atoms. The number of alkyl carbamates (subject to hydrolysis) is 1. The molecule has 8 heteroatoms. The molecule has 180 valence electrons. The third-order valence-electron chi connectivity index (χ3n) is 5.63. The van der Waals surface area contributed by atoms with Gasteiger partial charge < -0.3 is 25.0 Å². The van der Waals surface area contributed by atoms with Gasteiger partial charge in [0, 0.05) is 45.2 Å². The van der Waals surface area contributed by atoms with Gasteiger partial charge in [0.2, 0.25) is 0 Å². The molecule has 1 aliphatic carbocycles. The van der Waals surface area contributed by atoms with Crippen LogP contribution in [-0.2, 0) is 9.47 Å². The minimum atomic E-state index is -0.466. The number of benzene rings is 1. The highest BCUT2D eigenvalue weighted by Gasteiger charge is 2.39. The van der Waals surface area contributed by atoms with Gasteiger partial charge in [-0.1, -0.05) is 30.3 Å². The van der Waals surface area contributed by atoms with Crippen molar-refractivity contribution in [3.63, 3.8) is 0 Å². The summed E-state index contributed by atoms with van der Waals surface area (Å²) in [5.74, 6) is 1.59. The van der Waals surface area contributed by atoms with Crippen LogP contribution in [0.1, 0.15) is 57.9 Å². The van der Waals surface area contributed by atoms with Crippen molar-refractivity contribution in [3.8, 4) is 0 Å². The molecular formula is C24H39IN4O3. The summed E-state index contributed by atoms with van der Waals surface area (Å²) < 4.78 is 11.2. The summed E-state index contributed by atoms with van der Waals surface area (Å²) in [4.78, 5) is 18.5. The zero-order valence-electron chi connectivity index (χ0n) is 19.8. The molecule has 1 heterocycles. The standard InChI is InChI=1S/C24H38N4O3.HI/c1-24(2,3)31-23(29)26-13-8-16-30-19-11-14-28(15-12-19)22(25-4)27-21-17-20(21)18-9-6-5-7-10-18;/h5-7,9-10,19-21H,8,11-17H2,1-4H3,(H,25,27)(H,26,29);1H. The Balaban J connectivity index is 0.00000363. The van der Waals surface area contributed by atoms with Crippen molar-refractivity contribution in [3.05, 3.63) is 35.9 Å². The highest BCUT2D eigenvalue weighted by molar-refractivity contribution is 14.0. The molecule has 1 aromatic rings. The van der Waals surface area contributed by atoms with Gasteiger partial charge in [0.1, 0.15) is 5.60 Å². The number of hydrogen-bond donors (Lipinski definition) is 2. The number of ether oxygens (including phenoxy) is 2. The first-order valence-electron chi connectivity index (χ1n) is 11.5. The summed E-state index contributed by atoms with van der Waals surface area (Å²) in [6.45, 7) is 8.69. The maximum atomic E-state index is 11.6. The summed E-state index contributed by atoms with van der Waals surface area (Å²) in [6.07, 6.45) is 3.84. The minimum absolute atomic E-state index is 0. The van der Waals surface area contributed by atoms with Crippen LogP contribution in [0.3, 0.4) is 0 Å². The third kappa shape index (κ3) is 8.77. The minimum Gasteiger partial charge on any atom is -0.444 e. The van der Waals surface area contributed by atoms with E-state index in [0.717, 1.165) is 38.3 Å². The van der Waals surface area contributed by atoms with E-state index in [0.29, 0.717) is 25.1 Å². The molecule has 0 aromatic heterocycles. The number of nitrogens with zero attached hydrogens (tertiary/aromatic N) is 2. The molecule has 3 rings (SSSR count). The maximum Gasteiger partial charge on any atom is 0.407 e.